The molecular weight excluding hydrogens is 402 g/mol. The van der Waals surface area contributed by atoms with Gasteiger partial charge in [-0.2, -0.15) is 0 Å². The zero-order chi connectivity index (χ0) is 22.3. The Hall–Kier alpha value is -3.55. The van der Waals surface area contributed by atoms with E-state index >= 15 is 0 Å². The topological polar surface area (TPSA) is 87.1 Å². The molecule has 1 saturated heterocycles. The van der Waals surface area contributed by atoms with Crippen LogP contribution in [0.25, 0.3) is 11.3 Å². The number of nitrogens with zero attached hydrogens (tertiary/aromatic N) is 6. The first-order valence-corrected chi connectivity index (χ1v) is 11.1. The molecule has 1 aromatic carbocycles. The van der Waals surface area contributed by atoms with E-state index in [0.29, 0.717) is 32.0 Å². The summed E-state index contributed by atoms with van der Waals surface area (Å²) in [6.07, 6.45) is 1.27. The van der Waals surface area contributed by atoms with Gasteiger partial charge < -0.3 is 15.1 Å². The van der Waals surface area contributed by atoms with E-state index in [1.165, 1.54) is 0 Å². The molecular formula is C24H29N7O. The van der Waals surface area contributed by atoms with Crippen LogP contribution in [0.5, 0.6) is 0 Å². The second-order valence-electron chi connectivity index (χ2n) is 8.02. The van der Waals surface area contributed by atoms with Gasteiger partial charge in [0.1, 0.15) is 0 Å². The van der Waals surface area contributed by atoms with Gasteiger partial charge in [0.05, 0.1) is 5.69 Å². The average molecular weight is 432 g/mol. The highest BCUT2D eigenvalue weighted by Crippen LogP contribution is 2.19. The molecule has 0 radical (unpaired) electrons. The SMILES string of the molecule is Cc1cc(C)nc(NCCCC(=O)N2CCN(c3ccc(-c4ccccc4)nn3)CC2)n1. The number of carbonyl (C=O) groups is 1. The molecule has 0 atom stereocenters. The van der Waals surface area contributed by atoms with Gasteiger partial charge in [0.25, 0.3) is 0 Å². The molecule has 3 heterocycles. The van der Waals surface area contributed by atoms with E-state index in [-0.39, 0.29) is 5.91 Å². The van der Waals surface area contributed by atoms with E-state index < -0.39 is 0 Å². The van der Waals surface area contributed by atoms with Gasteiger partial charge in [-0.3, -0.25) is 4.79 Å². The molecule has 1 fully saturated rings. The van der Waals surface area contributed by atoms with Gasteiger partial charge in [0.15, 0.2) is 5.82 Å². The van der Waals surface area contributed by atoms with Crippen LogP contribution in [0.15, 0.2) is 48.5 Å². The van der Waals surface area contributed by atoms with Crippen molar-refractivity contribution in [2.75, 3.05) is 42.9 Å². The van der Waals surface area contributed by atoms with Crippen molar-refractivity contribution in [3.8, 4) is 11.3 Å². The van der Waals surface area contributed by atoms with Gasteiger partial charge >= 0.3 is 0 Å². The molecule has 1 N–H and O–H groups in total. The Labute approximate surface area is 188 Å². The Morgan fingerprint density at radius 3 is 2.31 bits per heavy atom. The van der Waals surface area contributed by atoms with Crippen molar-refractivity contribution in [1.29, 1.82) is 0 Å². The average Bonchev–Trinajstić information content (AvgIpc) is 2.82. The number of anilines is 2. The van der Waals surface area contributed by atoms with Crippen molar-refractivity contribution < 1.29 is 4.79 Å². The van der Waals surface area contributed by atoms with E-state index in [4.69, 9.17) is 0 Å². The lowest BCUT2D eigenvalue weighted by atomic mass is 10.1. The van der Waals surface area contributed by atoms with Crippen molar-refractivity contribution in [2.45, 2.75) is 26.7 Å². The monoisotopic (exact) mass is 431 g/mol. The fraction of sp³-hybridized carbons (Fsp3) is 0.375. The van der Waals surface area contributed by atoms with Gasteiger partial charge in [-0.15, -0.1) is 10.2 Å². The maximum Gasteiger partial charge on any atom is 0.223 e. The van der Waals surface area contributed by atoms with E-state index in [1.54, 1.807) is 0 Å². The lowest BCUT2D eigenvalue weighted by Crippen LogP contribution is -2.49. The van der Waals surface area contributed by atoms with E-state index in [2.05, 4.69) is 30.4 Å². The zero-order valence-electron chi connectivity index (χ0n) is 18.7. The third kappa shape index (κ3) is 5.57. The largest absolute Gasteiger partial charge is 0.354 e. The molecule has 0 spiro atoms. The number of amides is 1. The molecule has 2 aromatic heterocycles. The predicted octanol–water partition coefficient (Wildman–Crippen LogP) is 3.09. The van der Waals surface area contributed by atoms with Crippen molar-refractivity contribution in [3.05, 3.63) is 59.9 Å². The summed E-state index contributed by atoms with van der Waals surface area (Å²) in [5.74, 6) is 1.68. The molecule has 0 bridgehead atoms. The highest BCUT2D eigenvalue weighted by molar-refractivity contribution is 5.76. The fourth-order valence-corrected chi connectivity index (χ4v) is 3.84. The molecule has 1 amide bonds. The Morgan fingerprint density at radius 2 is 1.66 bits per heavy atom. The van der Waals surface area contributed by atoms with Gasteiger partial charge in [0, 0.05) is 56.1 Å². The number of aryl methyl sites for hydroxylation is 2. The summed E-state index contributed by atoms with van der Waals surface area (Å²) in [6.45, 7) is 7.51. The van der Waals surface area contributed by atoms with Crippen LogP contribution in [0.1, 0.15) is 24.2 Å². The minimum absolute atomic E-state index is 0.193. The smallest absolute Gasteiger partial charge is 0.223 e. The maximum atomic E-state index is 12.6. The molecule has 0 unspecified atom stereocenters. The first-order chi connectivity index (χ1) is 15.6. The minimum atomic E-state index is 0.193. The Balaban J connectivity index is 1.20. The van der Waals surface area contributed by atoms with Gasteiger partial charge in [-0.05, 0) is 38.5 Å². The number of hydrogen-bond acceptors (Lipinski definition) is 7. The van der Waals surface area contributed by atoms with Crippen LogP contribution in [0.4, 0.5) is 11.8 Å². The Morgan fingerprint density at radius 1 is 0.938 bits per heavy atom. The summed E-state index contributed by atoms with van der Waals surface area (Å²) in [5.41, 5.74) is 3.80. The minimum Gasteiger partial charge on any atom is -0.354 e. The standard InChI is InChI=1S/C24H29N7O/c1-18-17-19(2)27-24(26-18)25-12-6-9-23(32)31-15-13-30(14-16-31)22-11-10-21(28-29-22)20-7-4-3-5-8-20/h3-5,7-8,10-11,17H,6,9,12-16H2,1-2H3,(H,25,26,27). The van der Waals surface area contributed by atoms with Crippen molar-refractivity contribution >= 4 is 17.7 Å². The third-order valence-corrected chi connectivity index (χ3v) is 5.51. The lowest BCUT2D eigenvalue weighted by Gasteiger charge is -2.35. The summed E-state index contributed by atoms with van der Waals surface area (Å²) in [7, 11) is 0. The molecule has 8 heteroatoms. The number of nitrogens with one attached hydrogen (secondary N) is 1. The van der Waals surface area contributed by atoms with E-state index in [9.17, 15) is 4.79 Å². The molecule has 4 rings (SSSR count). The van der Waals surface area contributed by atoms with Crippen molar-refractivity contribution in [2.24, 2.45) is 0 Å². The number of aromatic nitrogens is 4. The predicted molar refractivity (Wildman–Crippen MR) is 125 cm³/mol. The van der Waals surface area contributed by atoms with Crippen LogP contribution < -0.4 is 10.2 Å². The Bertz CT molecular complexity index is 1010. The first-order valence-electron chi connectivity index (χ1n) is 11.1. The van der Waals surface area contributed by atoms with Crippen LogP contribution in [0.3, 0.4) is 0 Å². The summed E-state index contributed by atoms with van der Waals surface area (Å²) in [5, 5.41) is 12.0. The van der Waals surface area contributed by atoms with E-state index in [0.717, 1.165) is 48.0 Å². The molecule has 1 aliphatic heterocycles. The molecule has 3 aromatic rings. The molecule has 0 saturated carbocycles. The summed E-state index contributed by atoms with van der Waals surface area (Å²) in [4.78, 5) is 25.4. The molecule has 32 heavy (non-hydrogen) atoms. The highest BCUT2D eigenvalue weighted by Gasteiger charge is 2.21. The molecule has 166 valence electrons. The van der Waals surface area contributed by atoms with Crippen LogP contribution in [-0.2, 0) is 4.79 Å². The van der Waals surface area contributed by atoms with Crippen LogP contribution in [-0.4, -0.2) is 63.7 Å². The summed E-state index contributed by atoms with van der Waals surface area (Å²) >= 11 is 0. The van der Waals surface area contributed by atoms with Gasteiger partial charge in [-0.25, -0.2) is 9.97 Å². The van der Waals surface area contributed by atoms with Gasteiger partial charge in [-0.1, -0.05) is 30.3 Å². The second-order valence-corrected chi connectivity index (χ2v) is 8.02. The summed E-state index contributed by atoms with van der Waals surface area (Å²) < 4.78 is 0. The second kappa shape index (κ2) is 10.2. The van der Waals surface area contributed by atoms with Crippen molar-refractivity contribution in [1.82, 2.24) is 25.1 Å². The van der Waals surface area contributed by atoms with Crippen LogP contribution >= 0.6 is 0 Å². The number of carbonyl (C=O) groups excluding carboxylic acids is 1. The van der Waals surface area contributed by atoms with Crippen LogP contribution in [0.2, 0.25) is 0 Å². The normalized spacial score (nSPS) is 13.8. The Kier molecular flexibility index (Phi) is 6.89. The quantitative estimate of drug-likeness (QED) is 0.575. The molecule has 1 aliphatic rings. The molecule has 8 nitrogen and oxygen atoms in total. The number of hydrogen-bond donors (Lipinski definition) is 1. The van der Waals surface area contributed by atoms with Gasteiger partial charge in [0.2, 0.25) is 11.9 Å². The first kappa shape index (κ1) is 21.7. The number of piperazine rings is 1. The maximum absolute atomic E-state index is 12.6. The number of rotatable bonds is 7. The fourth-order valence-electron chi connectivity index (χ4n) is 3.84. The lowest BCUT2D eigenvalue weighted by molar-refractivity contribution is -0.131. The van der Waals surface area contributed by atoms with Crippen molar-refractivity contribution in [3.63, 3.8) is 0 Å². The summed E-state index contributed by atoms with van der Waals surface area (Å²) in [6, 6.07) is 16.0. The zero-order valence-corrected chi connectivity index (χ0v) is 18.7. The third-order valence-electron chi connectivity index (χ3n) is 5.51. The van der Waals surface area contributed by atoms with E-state index in [1.807, 2.05) is 67.3 Å². The molecule has 0 aliphatic carbocycles. The highest BCUT2D eigenvalue weighted by atomic mass is 16.2. The number of benzene rings is 1. The van der Waals surface area contributed by atoms with Crippen LogP contribution in [0, 0.1) is 13.8 Å².